The molecule has 79 heavy (non-hydrogen) atoms. The molecule has 2 amide bonds. The summed E-state index contributed by atoms with van der Waals surface area (Å²) in [4.78, 5) is 64.9. The molecule has 0 aliphatic heterocycles. The normalized spacial score (nSPS) is 21.2. The van der Waals surface area contributed by atoms with Crippen LogP contribution in [0.25, 0.3) is 12.2 Å². The molecule has 0 heterocycles. The number of methoxy groups -OCH3 is 2. The molecule has 0 aromatic heterocycles. The molecule has 4 aliphatic carbocycles. The minimum Gasteiger partial charge on any atom is -0.465 e. The van der Waals surface area contributed by atoms with E-state index in [1.54, 1.807) is 35.2 Å². The van der Waals surface area contributed by atoms with Crippen molar-refractivity contribution in [3.05, 3.63) is 154 Å². The molecule has 13 heteroatoms. The fourth-order valence-corrected chi connectivity index (χ4v) is 10.5. The lowest BCUT2D eigenvalue weighted by molar-refractivity contribution is -0.121. The number of rotatable bonds is 16. The summed E-state index contributed by atoms with van der Waals surface area (Å²) in [6, 6.07) is 36.9. The maximum absolute atomic E-state index is 13.3. The van der Waals surface area contributed by atoms with Crippen LogP contribution in [0.4, 0.5) is 9.59 Å². The molecule has 4 saturated carbocycles. The Morgan fingerprint density at radius 1 is 0.582 bits per heavy atom. The third kappa shape index (κ3) is 19.9. The summed E-state index contributed by atoms with van der Waals surface area (Å²) in [7, 11) is 2.71. The summed E-state index contributed by atoms with van der Waals surface area (Å²) in [5.41, 5.74) is 12.9. The summed E-state index contributed by atoms with van der Waals surface area (Å²) in [6.45, 7) is 16.3. The molecule has 0 unspecified atom stereocenters. The first kappa shape index (κ1) is 61.6. The zero-order valence-electron chi connectivity index (χ0n) is 48.6. The highest BCUT2D eigenvalue weighted by Crippen LogP contribution is 2.41. The second kappa shape index (κ2) is 29.1. The summed E-state index contributed by atoms with van der Waals surface area (Å²) in [5.74, 6) is 0.709. The molecule has 0 saturated heterocycles. The molecular formula is C66H88N4O9. The van der Waals surface area contributed by atoms with Gasteiger partial charge in [-0.3, -0.25) is 4.79 Å². The van der Waals surface area contributed by atoms with Crippen molar-refractivity contribution < 1.29 is 42.9 Å². The predicted octanol–water partition coefficient (Wildman–Crippen LogP) is 13.5. The van der Waals surface area contributed by atoms with Crippen LogP contribution in [-0.2, 0) is 36.8 Å². The zero-order valence-corrected chi connectivity index (χ0v) is 48.6. The van der Waals surface area contributed by atoms with Gasteiger partial charge in [0.05, 0.1) is 25.3 Å². The van der Waals surface area contributed by atoms with Gasteiger partial charge in [-0.1, -0.05) is 122 Å². The Balaban J connectivity index is 0.000000215. The largest absolute Gasteiger partial charge is 0.465 e. The Morgan fingerprint density at radius 2 is 1.00 bits per heavy atom. The highest BCUT2D eigenvalue weighted by atomic mass is 16.6. The molecule has 426 valence electrons. The average Bonchev–Trinajstić information content (AvgIpc) is 4.39. The van der Waals surface area contributed by atoms with Crippen molar-refractivity contribution in [2.45, 2.75) is 187 Å². The quantitative estimate of drug-likeness (QED) is 0.0810. The van der Waals surface area contributed by atoms with Crippen molar-refractivity contribution in [2.24, 2.45) is 17.6 Å². The standard InChI is InChI=1S/C33H44N2O4.C20H27NO5.C13H17N/c1-6-25(19-23-11-8-7-9-12-23)29-21-30(29)34-27-15-17-28(18-16-27)35(32(37)39-33(2,3)4)22-24-13-10-14-26(20-24)31(36)38-5;1-20(2,3)26-19(24)21(16-8-10-17(22)11-9-16)13-14-6-5-7-15(12-14)18(23)25-4;1-2-11(12-9-13(12)14)8-10-6-4-3-5-7-10/h7-14,19-20,27-30,34H,6,15-18,21-22H2,1-5H3;5-7,12,16H,8-11,13H2,1-4H3;3-8,12-13H,2,9,14H2,1H3/b25-19+;;11-8+/t27?,28?,29-,30+;;12-,13+/m0.0/s1. The lowest BCUT2D eigenvalue weighted by Gasteiger charge is -2.38. The topological polar surface area (TPSA) is 167 Å². The molecule has 4 aromatic rings. The lowest BCUT2D eigenvalue weighted by Crippen LogP contribution is -2.47. The van der Waals surface area contributed by atoms with Gasteiger partial charge in [-0.2, -0.15) is 0 Å². The Hall–Kier alpha value is -6.57. The van der Waals surface area contributed by atoms with Gasteiger partial charge < -0.3 is 39.8 Å². The first-order chi connectivity index (χ1) is 37.7. The van der Waals surface area contributed by atoms with Gasteiger partial charge in [-0.15, -0.1) is 0 Å². The molecule has 13 nitrogen and oxygen atoms in total. The van der Waals surface area contributed by atoms with Crippen LogP contribution in [0.15, 0.2) is 120 Å². The third-order valence-corrected chi connectivity index (χ3v) is 14.9. The van der Waals surface area contributed by atoms with Crippen LogP contribution in [0.2, 0.25) is 0 Å². The van der Waals surface area contributed by atoms with E-state index in [2.05, 4.69) is 85.9 Å². The minimum absolute atomic E-state index is 0.0515. The second-order valence-electron chi connectivity index (χ2n) is 23.5. The predicted molar refractivity (Wildman–Crippen MR) is 313 cm³/mol. The minimum atomic E-state index is -0.603. The number of nitrogens with zero attached hydrogens (tertiary/aromatic N) is 2. The van der Waals surface area contributed by atoms with Gasteiger partial charge in [0.2, 0.25) is 0 Å². The van der Waals surface area contributed by atoms with E-state index in [-0.39, 0.29) is 29.9 Å². The van der Waals surface area contributed by atoms with Crippen molar-refractivity contribution in [3.8, 4) is 0 Å². The second-order valence-corrected chi connectivity index (χ2v) is 23.5. The number of ketones is 1. The SMILES string of the molecule is CC/C(=C\c1ccccc1)[C@@H]1C[C@H]1N.CC/C(=C\c1ccccc1)[C@@H]1C[C@H]1NC1CCC(N(Cc2cccc(C(=O)OC)c2)C(=O)OC(C)(C)C)CC1.COC(=O)c1cccc(CN(C(=O)OC(C)(C)C)C2CCC(=O)CC2)c1. The van der Waals surface area contributed by atoms with Crippen molar-refractivity contribution in [2.75, 3.05) is 14.2 Å². The number of amides is 2. The number of carbonyl (C=O) groups is 5. The van der Waals surface area contributed by atoms with Gasteiger partial charge in [0, 0.05) is 56.1 Å². The number of hydrogen-bond donors (Lipinski definition) is 2. The van der Waals surface area contributed by atoms with Crippen LogP contribution >= 0.6 is 0 Å². The molecule has 0 bridgehead atoms. The Labute approximate surface area is 470 Å². The first-order valence-electron chi connectivity index (χ1n) is 28.5. The van der Waals surface area contributed by atoms with Crippen LogP contribution in [0.5, 0.6) is 0 Å². The number of nitrogens with two attached hydrogens (primary N) is 1. The fraction of sp³-hybridized carbons (Fsp3) is 0.500. The van der Waals surface area contributed by atoms with Crippen LogP contribution in [0, 0.1) is 11.8 Å². The molecule has 3 N–H and O–H groups in total. The van der Waals surface area contributed by atoms with E-state index in [1.165, 1.54) is 49.3 Å². The van der Waals surface area contributed by atoms with Gasteiger partial charge in [-0.25, -0.2) is 19.2 Å². The summed E-state index contributed by atoms with van der Waals surface area (Å²) < 4.78 is 21.0. The number of Topliss-reactive ketones (excluding diaryl/α,β-unsaturated/α-hetero) is 1. The van der Waals surface area contributed by atoms with Crippen LogP contribution < -0.4 is 11.1 Å². The molecular weight excluding hydrogens is 993 g/mol. The summed E-state index contributed by atoms with van der Waals surface area (Å²) in [6.07, 6.45) is 14.6. The number of hydrogen-bond acceptors (Lipinski definition) is 11. The van der Waals surface area contributed by atoms with E-state index < -0.39 is 23.3 Å². The Kier molecular flexibility index (Phi) is 22.7. The smallest absolute Gasteiger partial charge is 0.410 e. The number of nitrogens with one attached hydrogen (secondary N) is 1. The van der Waals surface area contributed by atoms with E-state index in [0.717, 1.165) is 49.7 Å². The fourth-order valence-electron chi connectivity index (χ4n) is 10.5. The van der Waals surface area contributed by atoms with E-state index in [1.807, 2.05) is 70.7 Å². The summed E-state index contributed by atoms with van der Waals surface area (Å²) in [5, 5.41) is 3.92. The number of carbonyl (C=O) groups excluding carboxylic acids is 5. The summed E-state index contributed by atoms with van der Waals surface area (Å²) >= 11 is 0. The van der Waals surface area contributed by atoms with E-state index in [0.29, 0.717) is 79.9 Å². The molecule has 4 aromatic carbocycles. The van der Waals surface area contributed by atoms with Crippen molar-refractivity contribution in [1.82, 2.24) is 15.1 Å². The maximum atomic E-state index is 13.3. The first-order valence-corrected chi connectivity index (χ1v) is 28.5. The van der Waals surface area contributed by atoms with Crippen molar-refractivity contribution >= 4 is 42.1 Å². The lowest BCUT2D eigenvalue weighted by atomic mass is 9.89. The van der Waals surface area contributed by atoms with Gasteiger partial charge in [0.25, 0.3) is 0 Å². The molecule has 4 aliphatic rings. The van der Waals surface area contributed by atoms with Crippen molar-refractivity contribution in [3.63, 3.8) is 0 Å². The van der Waals surface area contributed by atoms with E-state index in [9.17, 15) is 24.0 Å². The molecule has 0 spiro atoms. The number of ether oxygens (including phenoxy) is 4. The Morgan fingerprint density at radius 3 is 1.39 bits per heavy atom. The van der Waals surface area contributed by atoms with E-state index >= 15 is 0 Å². The third-order valence-electron chi connectivity index (χ3n) is 14.9. The molecule has 4 atom stereocenters. The van der Waals surface area contributed by atoms with Gasteiger partial charge in [0.15, 0.2) is 0 Å². The van der Waals surface area contributed by atoms with Gasteiger partial charge in [-0.05, 0) is 164 Å². The molecule has 0 radical (unpaired) electrons. The van der Waals surface area contributed by atoms with Crippen LogP contribution in [0.3, 0.4) is 0 Å². The molecule has 4 fully saturated rings. The van der Waals surface area contributed by atoms with Gasteiger partial charge in [0.1, 0.15) is 17.0 Å². The maximum Gasteiger partial charge on any atom is 0.410 e. The van der Waals surface area contributed by atoms with Gasteiger partial charge >= 0.3 is 24.1 Å². The zero-order chi connectivity index (χ0) is 57.3. The van der Waals surface area contributed by atoms with Crippen molar-refractivity contribution in [1.29, 1.82) is 0 Å². The van der Waals surface area contributed by atoms with Crippen LogP contribution in [-0.4, -0.2) is 95.3 Å². The highest BCUT2D eigenvalue weighted by Gasteiger charge is 2.42. The number of benzene rings is 4. The average molecular weight is 1080 g/mol. The number of esters is 2. The molecule has 8 rings (SSSR count). The highest BCUT2D eigenvalue weighted by molar-refractivity contribution is 5.90. The Bertz CT molecular complexity index is 2690. The van der Waals surface area contributed by atoms with E-state index in [4.69, 9.17) is 24.7 Å². The van der Waals surface area contributed by atoms with Crippen LogP contribution in [0.1, 0.15) is 175 Å². The monoisotopic (exact) mass is 1080 g/mol.